The maximum atomic E-state index is 13.4. The van der Waals surface area contributed by atoms with Gasteiger partial charge in [-0.25, -0.2) is 0 Å². The third-order valence-corrected chi connectivity index (χ3v) is 3.65. The summed E-state index contributed by atoms with van der Waals surface area (Å²) in [5, 5.41) is 8.79. The summed E-state index contributed by atoms with van der Waals surface area (Å²) in [5.74, 6) is -3.26. The SMILES string of the molecule is CCC1=C(c2ccc(C#N)cc2)C(C(F)(F)F)C(=O)[C]=C1C. The van der Waals surface area contributed by atoms with E-state index in [1.807, 2.05) is 6.07 Å². The van der Waals surface area contributed by atoms with Gasteiger partial charge in [-0.05, 0) is 47.8 Å². The molecule has 0 aliphatic heterocycles. The lowest BCUT2D eigenvalue weighted by Crippen LogP contribution is -2.34. The average Bonchev–Trinajstić information content (AvgIpc) is 2.45. The second-order valence-electron chi connectivity index (χ2n) is 5.02. The zero-order valence-corrected chi connectivity index (χ0v) is 12.1. The molecule has 0 aromatic heterocycles. The van der Waals surface area contributed by atoms with Crippen molar-refractivity contribution >= 4 is 11.4 Å². The molecule has 0 saturated carbocycles. The van der Waals surface area contributed by atoms with Crippen molar-refractivity contribution in [3.8, 4) is 6.07 Å². The number of alkyl halides is 3. The van der Waals surface area contributed by atoms with Crippen LogP contribution in [-0.2, 0) is 4.79 Å². The van der Waals surface area contributed by atoms with Crippen LogP contribution in [0.4, 0.5) is 13.2 Å². The highest BCUT2D eigenvalue weighted by molar-refractivity contribution is 6.03. The van der Waals surface area contributed by atoms with Crippen LogP contribution in [0.2, 0.25) is 0 Å². The van der Waals surface area contributed by atoms with Crippen molar-refractivity contribution < 1.29 is 18.0 Å². The minimum absolute atomic E-state index is 0.0271. The smallest absolute Gasteiger partial charge is 0.293 e. The average molecular weight is 304 g/mol. The fourth-order valence-corrected chi connectivity index (χ4v) is 2.67. The van der Waals surface area contributed by atoms with Gasteiger partial charge in [0.2, 0.25) is 0 Å². The molecule has 5 heteroatoms. The first-order valence-electron chi connectivity index (χ1n) is 6.74. The van der Waals surface area contributed by atoms with Crippen molar-refractivity contribution in [3.05, 3.63) is 52.6 Å². The number of rotatable bonds is 2. The van der Waals surface area contributed by atoms with Gasteiger partial charge < -0.3 is 0 Å². The quantitative estimate of drug-likeness (QED) is 0.820. The molecule has 1 aromatic rings. The van der Waals surface area contributed by atoms with Crippen LogP contribution in [-0.4, -0.2) is 12.0 Å². The fraction of sp³-hybridized carbons (Fsp3) is 0.294. The lowest BCUT2D eigenvalue weighted by atomic mass is 9.77. The predicted molar refractivity (Wildman–Crippen MR) is 75.4 cm³/mol. The van der Waals surface area contributed by atoms with Gasteiger partial charge in [0.15, 0.2) is 5.78 Å². The number of allylic oxidation sites excluding steroid dienone is 4. The summed E-state index contributed by atoms with van der Waals surface area (Å²) in [6.45, 7) is 3.33. The van der Waals surface area contributed by atoms with E-state index in [-0.39, 0.29) is 5.57 Å². The second-order valence-corrected chi connectivity index (χ2v) is 5.02. The molecule has 0 N–H and O–H groups in total. The Labute approximate surface area is 126 Å². The normalized spacial score (nSPS) is 19.0. The van der Waals surface area contributed by atoms with Gasteiger partial charge in [-0.3, -0.25) is 4.79 Å². The summed E-state index contributed by atoms with van der Waals surface area (Å²) in [6.07, 6.45) is -2.00. The molecular formula is C17H13F3NO. The summed E-state index contributed by atoms with van der Waals surface area (Å²) < 4.78 is 40.1. The molecule has 0 amide bonds. The van der Waals surface area contributed by atoms with E-state index in [4.69, 9.17) is 5.26 Å². The Hall–Kier alpha value is -2.35. The second kappa shape index (κ2) is 5.80. The van der Waals surface area contributed by atoms with E-state index in [0.29, 0.717) is 28.7 Å². The number of nitrogens with zero attached hydrogens (tertiary/aromatic N) is 1. The van der Waals surface area contributed by atoms with Crippen molar-refractivity contribution in [2.24, 2.45) is 5.92 Å². The largest absolute Gasteiger partial charge is 0.402 e. The van der Waals surface area contributed by atoms with Crippen molar-refractivity contribution in [2.75, 3.05) is 0 Å². The zero-order valence-electron chi connectivity index (χ0n) is 12.1. The van der Waals surface area contributed by atoms with Gasteiger partial charge in [0, 0.05) is 6.08 Å². The van der Waals surface area contributed by atoms with Gasteiger partial charge >= 0.3 is 6.18 Å². The number of halogens is 3. The van der Waals surface area contributed by atoms with Gasteiger partial charge in [-0.15, -0.1) is 0 Å². The van der Waals surface area contributed by atoms with E-state index in [9.17, 15) is 18.0 Å². The Morgan fingerprint density at radius 1 is 1.27 bits per heavy atom. The molecule has 22 heavy (non-hydrogen) atoms. The van der Waals surface area contributed by atoms with E-state index in [2.05, 4.69) is 6.08 Å². The van der Waals surface area contributed by atoms with Crippen LogP contribution in [0.15, 0.2) is 35.4 Å². The first-order chi connectivity index (χ1) is 10.3. The molecule has 0 saturated heterocycles. The van der Waals surface area contributed by atoms with Gasteiger partial charge in [0.25, 0.3) is 0 Å². The molecule has 0 heterocycles. The number of nitriles is 1. The Morgan fingerprint density at radius 2 is 1.86 bits per heavy atom. The summed E-state index contributed by atoms with van der Waals surface area (Å²) in [7, 11) is 0. The number of hydrogen-bond donors (Lipinski definition) is 0. The third kappa shape index (κ3) is 2.82. The number of carbonyl (C=O) groups excluding carboxylic acids is 1. The van der Waals surface area contributed by atoms with E-state index in [0.717, 1.165) is 0 Å². The first-order valence-corrected chi connectivity index (χ1v) is 6.74. The van der Waals surface area contributed by atoms with Crippen LogP contribution < -0.4 is 0 Å². The van der Waals surface area contributed by atoms with E-state index < -0.39 is 17.9 Å². The molecule has 1 aliphatic carbocycles. The van der Waals surface area contributed by atoms with Crippen LogP contribution >= 0.6 is 0 Å². The number of ketones is 1. The molecule has 1 unspecified atom stereocenters. The molecule has 1 radical (unpaired) electrons. The standard InChI is InChI=1S/C17H13F3NO/c1-3-13-10(2)8-14(22)16(17(18,19)20)15(13)12-6-4-11(9-21)5-7-12/h4-7,16H,3H2,1-2H3. The van der Waals surface area contributed by atoms with Crippen LogP contribution in [0.5, 0.6) is 0 Å². The summed E-state index contributed by atoms with van der Waals surface area (Å²) in [5.41, 5.74) is 1.55. The molecule has 1 atom stereocenters. The minimum Gasteiger partial charge on any atom is -0.293 e. The molecule has 0 fully saturated rings. The number of benzene rings is 1. The van der Waals surface area contributed by atoms with Gasteiger partial charge in [-0.1, -0.05) is 19.1 Å². The van der Waals surface area contributed by atoms with Crippen molar-refractivity contribution in [1.82, 2.24) is 0 Å². The lowest BCUT2D eigenvalue weighted by molar-refractivity contribution is -0.166. The summed E-state index contributed by atoms with van der Waals surface area (Å²) >= 11 is 0. The van der Waals surface area contributed by atoms with Crippen LogP contribution in [0.1, 0.15) is 31.4 Å². The van der Waals surface area contributed by atoms with Gasteiger partial charge in [-0.2, -0.15) is 18.4 Å². The fourth-order valence-electron chi connectivity index (χ4n) is 2.67. The highest BCUT2D eigenvalue weighted by Gasteiger charge is 2.49. The number of carbonyl (C=O) groups is 1. The Kier molecular flexibility index (Phi) is 4.23. The molecule has 2 nitrogen and oxygen atoms in total. The van der Waals surface area contributed by atoms with Gasteiger partial charge in [0.05, 0.1) is 11.6 Å². The molecule has 1 aliphatic rings. The lowest BCUT2D eigenvalue weighted by Gasteiger charge is -2.28. The Balaban J connectivity index is 2.68. The van der Waals surface area contributed by atoms with Crippen LogP contribution in [0, 0.1) is 23.3 Å². The molecule has 0 spiro atoms. The molecule has 2 rings (SSSR count). The van der Waals surface area contributed by atoms with Gasteiger partial charge in [0.1, 0.15) is 5.92 Å². The number of hydrogen-bond acceptors (Lipinski definition) is 2. The summed E-state index contributed by atoms with van der Waals surface area (Å²) in [6, 6.07) is 7.72. The predicted octanol–water partition coefficient (Wildman–Crippen LogP) is 4.23. The maximum absolute atomic E-state index is 13.4. The highest BCUT2D eigenvalue weighted by atomic mass is 19.4. The number of Topliss-reactive ketones (excluding diaryl/α,β-unsaturated/α-hetero) is 1. The minimum atomic E-state index is -4.67. The molecule has 0 bridgehead atoms. The van der Waals surface area contributed by atoms with Crippen molar-refractivity contribution in [1.29, 1.82) is 5.26 Å². The zero-order chi connectivity index (χ0) is 16.5. The molecule has 1 aromatic carbocycles. The summed E-state index contributed by atoms with van der Waals surface area (Å²) in [4.78, 5) is 11.9. The first kappa shape index (κ1) is 16.0. The maximum Gasteiger partial charge on any atom is 0.402 e. The highest BCUT2D eigenvalue weighted by Crippen LogP contribution is 2.44. The van der Waals surface area contributed by atoms with Crippen LogP contribution in [0.3, 0.4) is 0 Å². The van der Waals surface area contributed by atoms with E-state index >= 15 is 0 Å². The third-order valence-electron chi connectivity index (χ3n) is 3.65. The van der Waals surface area contributed by atoms with E-state index in [1.54, 1.807) is 13.8 Å². The van der Waals surface area contributed by atoms with E-state index in [1.165, 1.54) is 24.3 Å². The van der Waals surface area contributed by atoms with Crippen LogP contribution in [0.25, 0.3) is 5.57 Å². The molecule has 113 valence electrons. The topological polar surface area (TPSA) is 40.9 Å². The van der Waals surface area contributed by atoms with Crippen molar-refractivity contribution in [2.45, 2.75) is 26.4 Å². The monoisotopic (exact) mass is 304 g/mol. The Bertz CT molecular complexity index is 703. The van der Waals surface area contributed by atoms with Crippen molar-refractivity contribution in [3.63, 3.8) is 0 Å². The Morgan fingerprint density at radius 3 is 2.32 bits per heavy atom. The molecular weight excluding hydrogens is 291 g/mol.